The summed E-state index contributed by atoms with van der Waals surface area (Å²) in [6.45, 7) is 13.8. The van der Waals surface area contributed by atoms with Crippen LogP contribution < -0.4 is 5.32 Å². The van der Waals surface area contributed by atoms with Gasteiger partial charge in [-0.25, -0.2) is 0 Å². The molecule has 0 spiro atoms. The summed E-state index contributed by atoms with van der Waals surface area (Å²) in [7, 11) is 2.06. The molecule has 0 rings (SSSR count). The molecule has 0 aliphatic carbocycles. The fraction of sp³-hybridized carbons (Fsp3) is 1.00. The van der Waals surface area contributed by atoms with Crippen LogP contribution in [0.5, 0.6) is 0 Å². The van der Waals surface area contributed by atoms with E-state index in [1.165, 1.54) is 13.0 Å². The third-order valence-corrected chi connectivity index (χ3v) is 2.97. The second-order valence-corrected chi connectivity index (χ2v) is 4.53. The average molecular weight is 200 g/mol. The maximum atomic E-state index is 3.40. The van der Waals surface area contributed by atoms with E-state index in [0.29, 0.717) is 12.1 Å². The zero-order valence-electron chi connectivity index (χ0n) is 10.8. The average Bonchev–Trinajstić information content (AvgIpc) is 2.15. The first-order valence-electron chi connectivity index (χ1n) is 5.98. The van der Waals surface area contributed by atoms with Crippen LogP contribution in [0.15, 0.2) is 0 Å². The molecule has 0 heterocycles. The van der Waals surface area contributed by atoms with E-state index in [0.717, 1.165) is 12.5 Å². The minimum atomic E-state index is 0.619. The Morgan fingerprint density at radius 2 is 1.71 bits per heavy atom. The van der Waals surface area contributed by atoms with Gasteiger partial charge in [0.1, 0.15) is 0 Å². The maximum absolute atomic E-state index is 3.40. The summed E-state index contributed by atoms with van der Waals surface area (Å²) < 4.78 is 0. The van der Waals surface area contributed by atoms with Crippen molar-refractivity contribution in [1.29, 1.82) is 0 Å². The van der Waals surface area contributed by atoms with Gasteiger partial charge in [-0.05, 0) is 32.9 Å². The molecule has 2 heteroatoms. The lowest BCUT2D eigenvalue weighted by Crippen LogP contribution is -2.48. The topological polar surface area (TPSA) is 15.3 Å². The van der Waals surface area contributed by atoms with Gasteiger partial charge in [0.05, 0.1) is 0 Å². The molecule has 0 amide bonds. The van der Waals surface area contributed by atoms with Gasteiger partial charge in [-0.3, -0.25) is 4.90 Å². The lowest BCUT2D eigenvalue weighted by Gasteiger charge is -2.34. The highest BCUT2D eigenvalue weighted by Gasteiger charge is 2.19. The van der Waals surface area contributed by atoms with E-state index in [4.69, 9.17) is 0 Å². The Morgan fingerprint density at radius 1 is 1.14 bits per heavy atom. The molecular weight excluding hydrogens is 172 g/mol. The van der Waals surface area contributed by atoms with Crippen molar-refractivity contribution in [1.82, 2.24) is 10.2 Å². The molecule has 0 aromatic rings. The smallest absolute Gasteiger partial charge is 0.0220 e. The molecule has 0 saturated carbocycles. The normalized spacial score (nSPS) is 16.3. The van der Waals surface area contributed by atoms with Crippen molar-refractivity contribution in [2.75, 3.05) is 20.1 Å². The molecule has 1 N–H and O–H groups in total. The molecule has 0 aromatic heterocycles. The molecule has 0 saturated heterocycles. The molecule has 0 bridgehead atoms. The fourth-order valence-corrected chi connectivity index (χ4v) is 2.09. The highest BCUT2D eigenvalue weighted by molar-refractivity contribution is 4.79. The van der Waals surface area contributed by atoms with Gasteiger partial charge in [-0.15, -0.1) is 0 Å². The Hall–Kier alpha value is -0.0800. The number of rotatable bonds is 7. The van der Waals surface area contributed by atoms with Gasteiger partial charge >= 0.3 is 0 Å². The number of nitrogens with one attached hydrogen (secondary N) is 1. The van der Waals surface area contributed by atoms with Crippen molar-refractivity contribution in [3.05, 3.63) is 0 Å². The monoisotopic (exact) mass is 200 g/mol. The third kappa shape index (κ3) is 4.43. The number of nitrogens with zero attached hydrogens (tertiary/aromatic N) is 1. The van der Waals surface area contributed by atoms with Crippen LogP contribution in [0.25, 0.3) is 0 Å². The van der Waals surface area contributed by atoms with Gasteiger partial charge in [-0.2, -0.15) is 0 Å². The van der Waals surface area contributed by atoms with Crippen LogP contribution in [0, 0.1) is 5.92 Å². The van der Waals surface area contributed by atoms with Crippen LogP contribution in [-0.4, -0.2) is 37.1 Å². The van der Waals surface area contributed by atoms with Crippen LogP contribution in [0.1, 0.15) is 41.0 Å². The summed E-state index contributed by atoms with van der Waals surface area (Å²) in [6, 6.07) is 1.26. The molecule has 0 aliphatic heterocycles. The van der Waals surface area contributed by atoms with Gasteiger partial charge in [0.2, 0.25) is 0 Å². The van der Waals surface area contributed by atoms with E-state index >= 15 is 0 Å². The Bertz CT molecular complexity index is 130. The van der Waals surface area contributed by atoms with Gasteiger partial charge in [-0.1, -0.05) is 27.7 Å². The van der Waals surface area contributed by atoms with Crippen LogP contribution in [0.2, 0.25) is 0 Å². The van der Waals surface area contributed by atoms with Crippen LogP contribution in [0.3, 0.4) is 0 Å². The van der Waals surface area contributed by atoms with Crippen molar-refractivity contribution >= 4 is 0 Å². The Kier molecular flexibility index (Phi) is 7.20. The number of hydrogen-bond acceptors (Lipinski definition) is 2. The molecule has 14 heavy (non-hydrogen) atoms. The van der Waals surface area contributed by atoms with Gasteiger partial charge in [0, 0.05) is 18.6 Å². The second-order valence-electron chi connectivity index (χ2n) is 4.53. The lowest BCUT2D eigenvalue weighted by atomic mass is 10.0. The zero-order chi connectivity index (χ0) is 11.1. The van der Waals surface area contributed by atoms with E-state index in [2.05, 4.69) is 51.9 Å². The molecule has 0 aromatic carbocycles. The van der Waals surface area contributed by atoms with E-state index in [-0.39, 0.29) is 0 Å². The van der Waals surface area contributed by atoms with E-state index < -0.39 is 0 Å². The molecule has 2 unspecified atom stereocenters. The number of likely N-dealkylation sites (N-methyl/N-ethyl adjacent to an activating group) is 2. The molecule has 0 fully saturated rings. The van der Waals surface area contributed by atoms with Gasteiger partial charge in [0.25, 0.3) is 0 Å². The Labute approximate surface area is 90.1 Å². The predicted octanol–water partition coefficient (Wildman–Crippen LogP) is 2.35. The minimum absolute atomic E-state index is 0.619. The first-order chi connectivity index (χ1) is 6.56. The van der Waals surface area contributed by atoms with Gasteiger partial charge < -0.3 is 5.32 Å². The quantitative estimate of drug-likeness (QED) is 0.678. The fourth-order valence-electron chi connectivity index (χ4n) is 2.09. The Balaban J connectivity index is 4.20. The minimum Gasteiger partial charge on any atom is -0.315 e. The van der Waals surface area contributed by atoms with Crippen molar-refractivity contribution in [2.45, 2.75) is 53.1 Å². The summed E-state index contributed by atoms with van der Waals surface area (Å²) in [5.74, 6) is 0.756. The molecule has 86 valence electrons. The lowest BCUT2D eigenvalue weighted by molar-refractivity contribution is 0.160. The highest BCUT2D eigenvalue weighted by atomic mass is 15.2. The van der Waals surface area contributed by atoms with Crippen LogP contribution >= 0.6 is 0 Å². The summed E-state index contributed by atoms with van der Waals surface area (Å²) in [4.78, 5) is 2.56. The van der Waals surface area contributed by atoms with E-state index in [1.807, 2.05) is 0 Å². The second kappa shape index (κ2) is 7.24. The van der Waals surface area contributed by atoms with E-state index in [9.17, 15) is 0 Å². The van der Waals surface area contributed by atoms with Crippen molar-refractivity contribution < 1.29 is 0 Å². The van der Waals surface area contributed by atoms with E-state index in [1.54, 1.807) is 0 Å². The molecule has 2 atom stereocenters. The zero-order valence-corrected chi connectivity index (χ0v) is 10.8. The first-order valence-corrected chi connectivity index (χ1v) is 5.98. The SMILES string of the molecule is CCC(NC)C(C)N(CC)CC(C)C. The highest BCUT2D eigenvalue weighted by Crippen LogP contribution is 2.09. The predicted molar refractivity (Wildman–Crippen MR) is 64.7 cm³/mol. The first kappa shape index (κ1) is 13.9. The molecule has 0 radical (unpaired) electrons. The summed E-state index contributed by atoms with van der Waals surface area (Å²) in [5, 5.41) is 3.40. The standard InChI is InChI=1S/C12H28N2/c1-7-12(13-6)11(5)14(8-2)9-10(3)4/h10-13H,7-9H2,1-6H3. The van der Waals surface area contributed by atoms with Crippen molar-refractivity contribution in [2.24, 2.45) is 5.92 Å². The van der Waals surface area contributed by atoms with Crippen molar-refractivity contribution in [3.63, 3.8) is 0 Å². The number of hydrogen-bond donors (Lipinski definition) is 1. The Morgan fingerprint density at radius 3 is 2.00 bits per heavy atom. The third-order valence-electron chi connectivity index (χ3n) is 2.97. The molecule has 0 aliphatic rings. The summed E-state index contributed by atoms with van der Waals surface area (Å²) >= 11 is 0. The molecule has 2 nitrogen and oxygen atoms in total. The summed E-state index contributed by atoms with van der Waals surface area (Å²) in [5.41, 5.74) is 0. The van der Waals surface area contributed by atoms with Crippen LogP contribution in [-0.2, 0) is 0 Å². The molecular formula is C12H28N2. The maximum Gasteiger partial charge on any atom is 0.0220 e. The van der Waals surface area contributed by atoms with Crippen molar-refractivity contribution in [3.8, 4) is 0 Å². The summed E-state index contributed by atoms with van der Waals surface area (Å²) in [6.07, 6.45) is 1.20. The van der Waals surface area contributed by atoms with Gasteiger partial charge in [0.15, 0.2) is 0 Å². The van der Waals surface area contributed by atoms with Crippen LogP contribution in [0.4, 0.5) is 0 Å². The largest absolute Gasteiger partial charge is 0.315 e.